The number of methoxy groups -OCH3 is 1. The van der Waals surface area contributed by atoms with Gasteiger partial charge in [0.1, 0.15) is 11.0 Å². The van der Waals surface area contributed by atoms with Crippen LogP contribution in [0.1, 0.15) is 25.7 Å². The molecule has 2 rings (SSSR count). The van der Waals surface area contributed by atoms with Crippen LogP contribution in [-0.4, -0.2) is 41.1 Å². The lowest BCUT2D eigenvalue weighted by molar-refractivity contribution is -0.149. The van der Waals surface area contributed by atoms with Crippen molar-refractivity contribution in [3.05, 3.63) is 5.51 Å². The van der Waals surface area contributed by atoms with E-state index >= 15 is 0 Å². The highest BCUT2D eigenvalue weighted by Crippen LogP contribution is 2.39. The number of ether oxygens (including phenoxy) is 1. The molecule has 1 aromatic heterocycles. The van der Waals surface area contributed by atoms with Crippen LogP contribution in [0.15, 0.2) is 9.85 Å². The van der Waals surface area contributed by atoms with Gasteiger partial charge in [0.25, 0.3) is 0 Å². The third-order valence-corrected chi connectivity index (χ3v) is 5.45. The van der Waals surface area contributed by atoms with Gasteiger partial charge in [-0.3, -0.25) is 4.79 Å². The molecule has 0 spiro atoms. The zero-order chi connectivity index (χ0) is 13.0. The minimum absolute atomic E-state index is 0.160. The smallest absolute Gasteiger partial charge is 0.326 e. The Morgan fingerprint density at radius 1 is 1.72 bits per heavy atom. The molecule has 1 N–H and O–H groups in total. The van der Waals surface area contributed by atoms with E-state index in [0.717, 1.165) is 30.0 Å². The van der Waals surface area contributed by atoms with Crippen molar-refractivity contribution in [3.8, 4) is 0 Å². The summed E-state index contributed by atoms with van der Waals surface area (Å²) in [6.45, 7) is 0. The number of aromatic nitrogens is 2. The third-order valence-electron chi connectivity index (χ3n) is 3.37. The summed E-state index contributed by atoms with van der Waals surface area (Å²) in [4.78, 5) is 11.9. The van der Waals surface area contributed by atoms with Crippen molar-refractivity contribution in [2.45, 2.75) is 40.8 Å². The van der Waals surface area contributed by atoms with Crippen LogP contribution in [0.4, 0.5) is 0 Å². The number of carbonyl (C=O) groups is 1. The molecule has 0 saturated heterocycles. The van der Waals surface area contributed by atoms with Crippen molar-refractivity contribution in [1.82, 2.24) is 15.5 Å². The summed E-state index contributed by atoms with van der Waals surface area (Å²) in [6, 6.07) is 0. The molecule has 1 aliphatic rings. The molecular weight excluding hydrogens is 270 g/mol. The predicted octanol–water partition coefficient (Wildman–Crippen LogP) is 1.70. The van der Waals surface area contributed by atoms with Gasteiger partial charge in [-0.2, -0.15) is 0 Å². The van der Waals surface area contributed by atoms with E-state index in [0.29, 0.717) is 5.25 Å². The number of hydrogen-bond acceptors (Lipinski definition) is 7. The Morgan fingerprint density at radius 3 is 3.17 bits per heavy atom. The second-order valence-corrected chi connectivity index (χ2v) is 6.75. The maximum absolute atomic E-state index is 11.9. The van der Waals surface area contributed by atoms with Gasteiger partial charge < -0.3 is 10.1 Å². The third kappa shape index (κ3) is 2.84. The van der Waals surface area contributed by atoms with E-state index in [4.69, 9.17) is 4.74 Å². The number of nitrogens with zero attached hydrogens (tertiary/aromatic N) is 2. The molecule has 0 aromatic carbocycles. The van der Waals surface area contributed by atoms with Gasteiger partial charge in [-0.25, -0.2) is 0 Å². The van der Waals surface area contributed by atoms with Gasteiger partial charge in [0, 0.05) is 5.25 Å². The summed E-state index contributed by atoms with van der Waals surface area (Å²) in [6.07, 6.45) is 3.74. The first-order valence-corrected chi connectivity index (χ1v) is 7.66. The SMILES string of the molecule is CNC1(C(=O)OC)CCCC(Sc2nncs2)C1. The maximum atomic E-state index is 11.9. The first-order valence-electron chi connectivity index (χ1n) is 5.90. The minimum atomic E-state index is -0.532. The standard InChI is InChI=1S/C11H17N3O2S2/c1-12-11(9(15)16-2)5-3-4-8(6-11)18-10-14-13-7-17-10/h7-8,12H,3-6H2,1-2H3. The topological polar surface area (TPSA) is 64.1 Å². The Morgan fingerprint density at radius 2 is 2.56 bits per heavy atom. The van der Waals surface area contributed by atoms with E-state index in [1.807, 2.05) is 7.05 Å². The lowest BCUT2D eigenvalue weighted by atomic mass is 9.81. The van der Waals surface area contributed by atoms with Crippen LogP contribution in [0.25, 0.3) is 0 Å². The Kier molecular flexibility index (Phi) is 4.58. The van der Waals surface area contributed by atoms with E-state index in [1.165, 1.54) is 7.11 Å². The molecule has 1 fully saturated rings. The van der Waals surface area contributed by atoms with Crippen molar-refractivity contribution in [2.75, 3.05) is 14.2 Å². The van der Waals surface area contributed by atoms with Crippen LogP contribution < -0.4 is 5.32 Å². The van der Waals surface area contributed by atoms with Crippen LogP contribution >= 0.6 is 23.1 Å². The first kappa shape index (κ1) is 13.8. The zero-order valence-corrected chi connectivity index (χ0v) is 12.1. The van der Waals surface area contributed by atoms with Crippen LogP contribution in [-0.2, 0) is 9.53 Å². The fraction of sp³-hybridized carbons (Fsp3) is 0.727. The molecule has 18 heavy (non-hydrogen) atoms. The van der Waals surface area contributed by atoms with Crippen molar-refractivity contribution in [1.29, 1.82) is 0 Å². The average molecular weight is 287 g/mol. The van der Waals surface area contributed by atoms with Gasteiger partial charge in [0.2, 0.25) is 0 Å². The number of likely N-dealkylation sites (N-methyl/N-ethyl adjacent to an activating group) is 1. The first-order chi connectivity index (χ1) is 8.70. The quantitative estimate of drug-likeness (QED) is 0.851. The summed E-state index contributed by atoms with van der Waals surface area (Å²) >= 11 is 3.26. The van der Waals surface area contributed by atoms with Crippen LogP contribution in [0, 0.1) is 0 Å². The molecule has 5 nitrogen and oxygen atoms in total. The number of rotatable bonds is 4. The largest absolute Gasteiger partial charge is 0.468 e. The van der Waals surface area contributed by atoms with Gasteiger partial charge in [-0.15, -0.1) is 10.2 Å². The molecule has 0 radical (unpaired) electrons. The highest BCUT2D eigenvalue weighted by molar-refractivity contribution is 8.01. The fourth-order valence-corrected chi connectivity index (χ4v) is 4.46. The highest BCUT2D eigenvalue weighted by Gasteiger charge is 2.43. The Bertz CT molecular complexity index is 399. The van der Waals surface area contributed by atoms with Gasteiger partial charge in [0.05, 0.1) is 7.11 Å². The lowest BCUT2D eigenvalue weighted by Gasteiger charge is -2.37. The van der Waals surface area contributed by atoms with E-state index < -0.39 is 5.54 Å². The van der Waals surface area contributed by atoms with E-state index in [9.17, 15) is 4.79 Å². The molecule has 1 aromatic rings. The molecule has 100 valence electrons. The number of esters is 1. The van der Waals surface area contributed by atoms with E-state index in [1.54, 1.807) is 28.6 Å². The van der Waals surface area contributed by atoms with E-state index in [2.05, 4.69) is 15.5 Å². The zero-order valence-electron chi connectivity index (χ0n) is 10.5. The van der Waals surface area contributed by atoms with Crippen molar-refractivity contribution in [2.24, 2.45) is 0 Å². The van der Waals surface area contributed by atoms with Gasteiger partial charge in [-0.1, -0.05) is 23.1 Å². The maximum Gasteiger partial charge on any atom is 0.326 e. The molecule has 1 saturated carbocycles. The van der Waals surface area contributed by atoms with Crippen LogP contribution in [0.5, 0.6) is 0 Å². The predicted molar refractivity (Wildman–Crippen MR) is 71.8 cm³/mol. The number of hydrogen-bond donors (Lipinski definition) is 1. The van der Waals surface area contributed by atoms with Gasteiger partial charge >= 0.3 is 5.97 Å². The summed E-state index contributed by atoms with van der Waals surface area (Å²) in [5.41, 5.74) is 1.20. The fourth-order valence-electron chi connectivity index (χ4n) is 2.39. The number of carbonyl (C=O) groups excluding carboxylic acids is 1. The molecule has 1 heterocycles. The Labute approximate surface area is 115 Å². The number of nitrogens with one attached hydrogen (secondary N) is 1. The molecule has 7 heteroatoms. The molecule has 1 aliphatic carbocycles. The highest BCUT2D eigenvalue weighted by atomic mass is 32.2. The minimum Gasteiger partial charge on any atom is -0.468 e. The summed E-state index contributed by atoms with van der Waals surface area (Å²) in [5.74, 6) is -0.160. The molecular formula is C11H17N3O2S2. The monoisotopic (exact) mass is 287 g/mol. The van der Waals surface area contributed by atoms with Gasteiger partial charge in [-0.05, 0) is 32.7 Å². The molecule has 0 bridgehead atoms. The van der Waals surface area contributed by atoms with Crippen LogP contribution in [0.2, 0.25) is 0 Å². The van der Waals surface area contributed by atoms with Gasteiger partial charge in [0.15, 0.2) is 4.34 Å². The van der Waals surface area contributed by atoms with E-state index in [-0.39, 0.29) is 5.97 Å². The second kappa shape index (κ2) is 5.99. The Hall–Kier alpha value is -0.660. The van der Waals surface area contributed by atoms with Crippen molar-refractivity contribution < 1.29 is 9.53 Å². The normalized spacial score (nSPS) is 28.0. The second-order valence-electron chi connectivity index (χ2n) is 4.36. The average Bonchev–Trinajstić information content (AvgIpc) is 2.90. The Balaban J connectivity index is 2.04. The molecule has 2 atom stereocenters. The summed E-state index contributed by atoms with van der Waals surface area (Å²) < 4.78 is 5.90. The summed E-state index contributed by atoms with van der Waals surface area (Å²) in [7, 11) is 3.28. The summed E-state index contributed by atoms with van der Waals surface area (Å²) in [5, 5.41) is 11.4. The lowest BCUT2D eigenvalue weighted by Crippen LogP contribution is -2.54. The number of thioether (sulfide) groups is 1. The van der Waals surface area contributed by atoms with Crippen molar-refractivity contribution >= 4 is 29.1 Å². The molecule has 2 unspecified atom stereocenters. The molecule has 0 amide bonds. The molecule has 0 aliphatic heterocycles. The van der Waals surface area contributed by atoms with Crippen LogP contribution in [0.3, 0.4) is 0 Å². The van der Waals surface area contributed by atoms with Crippen molar-refractivity contribution in [3.63, 3.8) is 0 Å².